The average Bonchev–Trinajstić information content (AvgIpc) is 2.84. The van der Waals surface area contributed by atoms with Crippen molar-refractivity contribution in [3.05, 3.63) is 11.0 Å². The summed E-state index contributed by atoms with van der Waals surface area (Å²) in [5, 5.41) is 5.57. The van der Waals surface area contributed by atoms with Gasteiger partial charge in [-0.2, -0.15) is 15.1 Å². The summed E-state index contributed by atoms with van der Waals surface area (Å²) in [6.07, 6.45) is 3.04. The van der Waals surface area contributed by atoms with E-state index in [1.165, 1.54) is 0 Å². The third-order valence-corrected chi connectivity index (χ3v) is 4.04. The average molecular weight is 340 g/mol. The Morgan fingerprint density at radius 2 is 2.17 bits per heavy atom. The van der Waals surface area contributed by atoms with E-state index in [2.05, 4.69) is 15.1 Å². The highest BCUT2D eigenvalue weighted by Gasteiger charge is 2.24. The van der Waals surface area contributed by atoms with Crippen molar-refractivity contribution >= 4 is 22.6 Å². The fourth-order valence-electron chi connectivity index (χ4n) is 2.69. The van der Waals surface area contributed by atoms with Gasteiger partial charge in [-0.05, 0) is 51.9 Å². The van der Waals surface area contributed by atoms with Gasteiger partial charge in [-0.1, -0.05) is 0 Å². The smallest absolute Gasteiger partial charge is 0.229 e. The van der Waals surface area contributed by atoms with Crippen LogP contribution in [0, 0.1) is 6.92 Å². The number of rotatable bonds is 5. The molecule has 126 valence electrons. The van der Waals surface area contributed by atoms with Crippen molar-refractivity contribution in [2.45, 2.75) is 32.4 Å². The Balaban J connectivity index is 1.96. The first-order chi connectivity index (χ1) is 11.1. The number of aryl methyl sites for hydroxylation is 1. The van der Waals surface area contributed by atoms with Crippen LogP contribution in [-0.4, -0.2) is 58.5 Å². The lowest BCUT2D eigenvalue weighted by molar-refractivity contribution is -0.0371. The van der Waals surface area contributed by atoms with Gasteiger partial charge in [0.2, 0.25) is 11.2 Å². The van der Waals surface area contributed by atoms with Gasteiger partial charge in [-0.25, -0.2) is 4.68 Å². The number of hydrogen-bond acceptors (Lipinski definition) is 6. The second-order valence-corrected chi connectivity index (χ2v) is 6.34. The Morgan fingerprint density at radius 3 is 2.87 bits per heavy atom. The van der Waals surface area contributed by atoms with E-state index in [1.807, 2.05) is 30.6 Å². The van der Waals surface area contributed by atoms with E-state index >= 15 is 0 Å². The summed E-state index contributed by atoms with van der Waals surface area (Å²) >= 11 is 6.09. The molecular weight excluding hydrogens is 318 g/mol. The summed E-state index contributed by atoms with van der Waals surface area (Å²) in [4.78, 5) is 10.6. The molecule has 1 unspecified atom stereocenters. The number of aromatic nitrogens is 4. The minimum absolute atomic E-state index is 0.0967. The molecule has 0 N–H and O–H groups in total. The lowest BCUT2D eigenvalue weighted by atomic mass is 10.2. The lowest BCUT2D eigenvalue weighted by Gasteiger charge is -2.23. The molecule has 8 heteroatoms. The van der Waals surface area contributed by atoms with Crippen molar-refractivity contribution in [3.8, 4) is 5.88 Å². The van der Waals surface area contributed by atoms with Crippen molar-refractivity contribution in [2.24, 2.45) is 0 Å². The van der Waals surface area contributed by atoms with Gasteiger partial charge in [0.05, 0.1) is 5.69 Å². The van der Waals surface area contributed by atoms with Gasteiger partial charge in [0.1, 0.15) is 12.0 Å². The van der Waals surface area contributed by atoms with Crippen LogP contribution in [0.1, 0.15) is 31.2 Å². The molecule has 0 radical (unpaired) electrons. The monoisotopic (exact) mass is 339 g/mol. The molecule has 23 heavy (non-hydrogen) atoms. The highest BCUT2D eigenvalue weighted by atomic mass is 35.5. The van der Waals surface area contributed by atoms with Crippen LogP contribution < -0.4 is 4.74 Å². The second kappa shape index (κ2) is 6.98. The molecule has 1 aliphatic heterocycles. The summed E-state index contributed by atoms with van der Waals surface area (Å²) in [6, 6.07) is 0. The molecule has 0 aromatic carbocycles. The van der Waals surface area contributed by atoms with E-state index in [9.17, 15) is 0 Å². The SMILES string of the molecule is Cc1nn(C2CCCCO2)c2nc(Cl)nc(OCCN(C)C)c12. The molecule has 0 spiro atoms. The highest BCUT2D eigenvalue weighted by Crippen LogP contribution is 2.31. The number of halogens is 1. The van der Waals surface area contributed by atoms with Crippen molar-refractivity contribution in [2.75, 3.05) is 33.9 Å². The predicted octanol–water partition coefficient (Wildman–Crippen LogP) is 2.43. The zero-order chi connectivity index (χ0) is 16.4. The van der Waals surface area contributed by atoms with E-state index < -0.39 is 0 Å². The highest BCUT2D eigenvalue weighted by molar-refractivity contribution is 6.28. The van der Waals surface area contributed by atoms with Gasteiger partial charge in [-0.15, -0.1) is 0 Å². The largest absolute Gasteiger partial charge is 0.476 e. The normalized spacial score (nSPS) is 18.7. The maximum Gasteiger partial charge on any atom is 0.229 e. The van der Waals surface area contributed by atoms with Crippen molar-refractivity contribution in [1.82, 2.24) is 24.6 Å². The predicted molar refractivity (Wildman–Crippen MR) is 88.0 cm³/mol. The number of likely N-dealkylation sites (N-methyl/N-ethyl adjacent to an activating group) is 1. The summed E-state index contributed by atoms with van der Waals surface area (Å²) in [5.41, 5.74) is 1.50. The van der Waals surface area contributed by atoms with Crippen LogP contribution in [0.4, 0.5) is 0 Å². The fraction of sp³-hybridized carbons (Fsp3) is 0.667. The first-order valence-corrected chi connectivity index (χ1v) is 8.25. The maximum atomic E-state index is 6.09. The van der Waals surface area contributed by atoms with Gasteiger partial charge >= 0.3 is 0 Å². The van der Waals surface area contributed by atoms with Crippen molar-refractivity contribution < 1.29 is 9.47 Å². The quantitative estimate of drug-likeness (QED) is 0.779. The molecule has 1 aliphatic rings. The topological polar surface area (TPSA) is 65.3 Å². The first-order valence-electron chi connectivity index (χ1n) is 7.87. The third kappa shape index (κ3) is 3.57. The van der Waals surface area contributed by atoms with Crippen molar-refractivity contribution in [1.29, 1.82) is 0 Å². The minimum atomic E-state index is -0.0967. The van der Waals surface area contributed by atoms with Gasteiger partial charge < -0.3 is 14.4 Å². The fourth-order valence-corrected chi connectivity index (χ4v) is 2.85. The van der Waals surface area contributed by atoms with E-state index in [0.717, 1.165) is 43.5 Å². The molecule has 0 saturated carbocycles. The molecule has 1 atom stereocenters. The standard InChI is InChI=1S/C15H22ClN5O2/c1-10-12-13(21(19-10)11-6-4-5-8-22-11)17-15(16)18-14(12)23-9-7-20(2)3/h11H,4-9H2,1-3H3. The molecule has 0 aliphatic carbocycles. The van der Waals surface area contributed by atoms with E-state index in [-0.39, 0.29) is 11.5 Å². The summed E-state index contributed by atoms with van der Waals surface area (Å²) in [5.74, 6) is 0.487. The van der Waals surface area contributed by atoms with Crippen molar-refractivity contribution in [3.63, 3.8) is 0 Å². The number of nitrogens with zero attached hydrogens (tertiary/aromatic N) is 5. The molecular formula is C15H22ClN5O2. The van der Waals surface area contributed by atoms with E-state index in [1.54, 1.807) is 0 Å². The Bertz CT molecular complexity index is 682. The van der Waals surface area contributed by atoms with Crippen LogP contribution in [0.25, 0.3) is 11.0 Å². The molecule has 1 fully saturated rings. The van der Waals surface area contributed by atoms with E-state index in [0.29, 0.717) is 18.1 Å². The number of fused-ring (bicyclic) bond motifs is 1. The van der Waals surface area contributed by atoms with Crippen LogP contribution in [0.5, 0.6) is 5.88 Å². The first kappa shape index (κ1) is 16.4. The molecule has 7 nitrogen and oxygen atoms in total. The molecule has 0 bridgehead atoms. The zero-order valence-corrected chi connectivity index (χ0v) is 14.5. The van der Waals surface area contributed by atoms with Gasteiger partial charge in [0, 0.05) is 13.2 Å². The Labute approximate surface area is 140 Å². The summed E-state index contributed by atoms with van der Waals surface area (Å²) < 4.78 is 13.5. The van der Waals surface area contributed by atoms with Crippen LogP contribution in [0.2, 0.25) is 5.28 Å². The molecule has 0 amide bonds. The van der Waals surface area contributed by atoms with Crippen LogP contribution in [-0.2, 0) is 4.74 Å². The van der Waals surface area contributed by atoms with Crippen LogP contribution in [0.3, 0.4) is 0 Å². The lowest BCUT2D eigenvalue weighted by Crippen LogP contribution is -2.20. The molecule has 3 heterocycles. The maximum absolute atomic E-state index is 6.09. The molecule has 2 aromatic heterocycles. The summed E-state index contributed by atoms with van der Waals surface area (Å²) in [6.45, 7) is 4.00. The Hall–Kier alpha value is -1.44. The zero-order valence-electron chi connectivity index (χ0n) is 13.8. The molecule has 3 rings (SSSR count). The Kier molecular flexibility index (Phi) is 4.99. The third-order valence-electron chi connectivity index (χ3n) is 3.87. The number of ether oxygens (including phenoxy) is 2. The minimum Gasteiger partial charge on any atom is -0.476 e. The van der Waals surface area contributed by atoms with Gasteiger partial charge in [0.25, 0.3) is 0 Å². The summed E-state index contributed by atoms with van der Waals surface area (Å²) in [7, 11) is 3.99. The van der Waals surface area contributed by atoms with E-state index in [4.69, 9.17) is 21.1 Å². The molecule has 2 aromatic rings. The molecule has 1 saturated heterocycles. The second-order valence-electron chi connectivity index (χ2n) is 6.00. The Morgan fingerprint density at radius 1 is 1.35 bits per heavy atom. The van der Waals surface area contributed by atoms with Crippen LogP contribution in [0.15, 0.2) is 0 Å². The van der Waals surface area contributed by atoms with Crippen LogP contribution >= 0.6 is 11.6 Å². The van der Waals surface area contributed by atoms with Gasteiger partial charge in [0.15, 0.2) is 11.9 Å². The number of hydrogen-bond donors (Lipinski definition) is 0. The van der Waals surface area contributed by atoms with Gasteiger partial charge in [-0.3, -0.25) is 0 Å².